The molecular formula is C29H28N4O. The summed E-state index contributed by atoms with van der Waals surface area (Å²) in [5.41, 5.74) is 12.9. The molecule has 34 heavy (non-hydrogen) atoms. The SMILES string of the molecule is Cc1cccc(CN2CCc3cc(NC(=O)c4ccc5cc(C(=N)N)ccc5c4)ccc3C2)c1. The highest BCUT2D eigenvalue weighted by atomic mass is 16.1. The molecule has 4 aromatic carbocycles. The van der Waals surface area contributed by atoms with E-state index in [1.807, 2.05) is 36.4 Å². The maximum Gasteiger partial charge on any atom is 0.255 e. The predicted octanol–water partition coefficient (Wildman–Crippen LogP) is 5.24. The molecule has 0 radical (unpaired) electrons. The fraction of sp³-hybridized carbons (Fsp3) is 0.172. The van der Waals surface area contributed by atoms with Gasteiger partial charge in [0.25, 0.3) is 5.91 Å². The zero-order valence-electron chi connectivity index (χ0n) is 19.3. The third-order valence-corrected chi connectivity index (χ3v) is 6.46. The first-order valence-electron chi connectivity index (χ1n) is 11.5. The molecule has 5 nitrogen and oxygen atoms in total. The first-order chi connectivity index (χ1) is 16.4. The summed E-state index contributed by atoms with van der Waals surface area (Å²) in [7, 11) is 0. The number of amidine groups is 1. The van der Waals surface area contributed by atoms with E-state index in [1.165, 1.54) is 22.3 Å². The van der Waals surface area contributed by atoms with Crippen LogP contribution >= 0.6 is 0 Å². The molecule has 4 aromatic rings. The second-order valence-corrected chi connectivity index (χ2v) is 9.08. The number of carbonyl (C=O) groups is 1. The van der Waals surface area contributed by atoms with Crippen LogP contribution < -0.4 is 11.1 Å². The second kappa shape index (κ2) is 9.12. The number of nitrogen functional groups attached to an aromatic ring is 1. The highest BCUT2D eigenvalue weighted by Crippen LogP contribution is 2.25. The van der Waals surface area contributed by atoms with E-state index in [0.717, 1.165) is 42.5 Å². The van der Waals surface area contributed by atoms with Crippen molar-refractivity contribution in [2.75, 3.05) is 11.9 Å². The minimum absolute atomic E-state index is 0.0365. The summed E-state index contributed by atoms with van der Waals surface area (Å²) >= 11 is 0. The van der Waals surface area contributed by atoms with Crippen LogP contribution in [0.5, 0.6) is 0 Å². The van der Waals surface area contributed by atoms with E-state index in [-0.39, 0.29) is 11.7 Å². The van der Waals surface area contributed by atoms with Gasteiger partial charge in [-0.15, -0.1) is 0 Å². The fourth-order valence-electron chi connectivity index (χ4n) is 4.65. The van der Waals surface area contributed by atoms with Gasteiger partial charge in [-0.25, -0.2) is 0 Å². The maximum atomic E-state index is 12.9. The molecule has 0 aromatic heterocycles. The van der Waals surface area contributed by atoms with Crippen molar-refractivity contribution < 1.29 is 4.79 Å². The Morgan fingerprint density at radius 2 is 1.71 bits per heavy atom. The first kappa shape index (κ1) is 21.9. The van der Waals surface area contributed by atoms with Crippen LogP contribution in [0.15, 0.2) is 78.9 Å². The number of hydrogen-bond acceptors (Lipinski definition) is 3. The van der Waals surface area contributed by atoms with Crippen molar-refractivity contribution in [3.05, 3.63) is 112 Å². The number of benzene rings is 4. The van der Waals surface area contributed by atoms with Gasteiger partial charge in [-0.05, 0) is 71.1 Å². The van der Waals surface area contributed by atoms with Gasteiger partial charge in [0.2, 0.25) is 0 Å². The molecule has 0 unspecified atom stereocenters. The van der Waals surface area contributed by atoms with Crippen molar-refractivity contribution in [1.82, 2.24) is 4.90 Å². The van der Waals surface area contributed by atoms with Crippen LogP contribution in [0, 0.1) is 12.3 Å². The molecule has 1 amide bonds. The van der Waals surface area contributed by atoms with Crippen LogP contribution in [0.3, 0.4) is 0 Å². The molecule has 0 saturated heterocycles. The van der Waals surface area contributed by atoms with Crippen LogP contribution in [-0.2, 0) is 19.5 Å². The molecule has 170 valence electrons. The summed E-state index contributed by atoms with van der Waals surface area (Å²) in [6.45, 7) is 5.01. The monoisotopic (exact) mass is 448 g/mol. The quantitative estimate of drug-likeness (QED) is 0.288. The van der Waals surface area contributed by atoms with Gasteiger partial charge in [0, 0.05) is 36.4 Å². The Labute approximate surface area is 199 Å². The summed E-state index contributed by atoms with van der Waals surface area (Å²) in [5, 5.41) is 12.5. The highest BCUT2D eigenvalue weighted by Gasteiger charge is 2.17. The van der Waals surface area contributed by atoms with Gasteiger partial charge in [-0.1, -0.05) is 54.1 Å². The molecule has 5 rings (SSSR count). The number of carbonyl (C=O) groups excluding carboxylic acids is 1. The molecule has 0 atom stereocenters. The van der Waals surface area contributed by atoms with E-state index >= 15 is 0 Å². The third kappa shape index (κ3) is 4.70. The van der Waals surface area contributed by atoms with Gasteiger partial charge < -0.3 is 11.1 Å². The van der Waals surface area contributed by atoms with Crippen LogP contribution in [-0.4, -0.2) is 23.2 Å². The van der Waals surface area contributed by atoms with E-state index in [1.54, 1.807) is 6.07 Å². The molecule has 0 bridgehead atoms. The van der Waals surface area contributed by atoms with Crippen molar-refractivity contribution in [3.63, 3.8) is 0 Å². The normalized spacial score (nSPS) is 13.4. The molecular weight excluding hydrogens is 420 g/mol. The Kier molecular flexibility index (Phi) is 5.86. The Balaban J connectivity index is 1.27. The van der Waals surface area contributed by atoms with E-state index < -0.39 is 0 Å². The van der Waals surface area contributed by atoms with Gasteiger partial charge in [0.15, 0.2) is 0 Å². The summed E-state index contributed by atoms with van der Waals surface area (Å²) in [6, 6.07) is 26.1. The number of nitrogens with two attached hydrogens (primary N) is 1. The van der Waals surface area contributed by atoms with Crippen LogP contribution in [0.2, 0.25) is 0 Å². The lowest BCUT2D eigenvalue weighted by molar-refractivity contribution is 0.102. The number of aryl methyl sites for hydroxylation is 1. The molecule has 0 saturated carbocycles. The van der Waals surface area contributed by atoms with E-state index in [2.05, 4.69) is 53.5 Å². The zero-order chi connectivity index (χ0) is 23.7. The molecule has 1 aliphatic rings. The Hall–Kier alpha value is -3.96. The van der Waals surface area contributed by atoms with E-state index in [9.17, 15) is 4.79 Å². The fourth-order valence-corrected chi connectivity index (χ4v) is 4.65. The van der Waals surface area contributed by atoms with Gasteiger partial charge in [-0.2, -0.15) is 0 Å². The number of nitrogens with one attached hydrogen (secondary N) is 2. The van der Waals surface area contributed by atoms with Crippen molar-refractivity contribution >= 4 is 28.2 Å². The zero-order valence-corrected chi connectivity index (χ0v) is 19.3. The van der Waals surface area contributed by atoms with Gasteiger partial charge in [-0.3, -0.25) is 15.1 Å². The second-order valence-electron chi connectivity index (χ2n) is 9.08. The number of amides is 1. The number of anilines is 1. The van der Waals surface area contributed by atoms with Crippen molar-refractivity contribution in [1.29, 1.82) is 5.41 Å². The molecule has 1 heterocycles. The minimum atomic E-state index is -0.130. The third-order valence-electron chi connectivity index (χ3n) is 6.46. The molecule has 5 heteroatoms. The molecule has 1 aliphatic heterocycles. The van der Waals surface area contributed by atoms with Crippen molar-refractivity contribution in [3.8, 4) is 0 Å². The highest BCUT2D eigenvalue weighted by molar-refractivity contribution is 6.07. The largest absolute Gasteiger partial charge is 0.384 e. The van der Waals surface area contributed by atoms with Crippen molar-refractivity contribution in [2.24, 2.45) is 5.73 Å². The Bertz CT molecular complexity index is 1410. The Morgan fingerprint density at radius 1 is 0.941 bits per heavy atom. The summed E-state index contributed by atoms with van der Waals surface area (Å²) < 4.78 is 0. The lowest BCUT2D eigenvalue weighted by Gasteiger charge is -2.29. The number of hydrogen-bond donors (Lipinski definition) is 3. The average molecular weight is 449 g/mol. The lowest BCUT2D eigenvalue weighted by atomic mass is 9.98. The van der Waals surface area contributed by atoms with Gasteiger partial charge in [0.05, 0.1) is 0 Å². The van der Waals surface area contributed by atoms with Gasteiger partial charge in [0.1, 0.15) is 5.84 Å². The van der Waals surface area contributed by atoms with Crippen LogP contribution in [0.4, 0.5) is 5.69 Å². The number of nitrogens with zero attached hydrogens (tertiary/aromatic N) is 1. The topological polar surface area (TPSA) is 82.2 Å². The average Bonchev–Trinajstić information content (AvgIpc) is 2.83. The van der Waals surface area contributed by atoms with Gasteiger partial charge >= 0.3 is 0 Å². The summed E-state index contributed by atoms with van der Waals surface area (Å²) in [6.07, 6.45) is 0.972. The lowest BCUT2D eigenvalue weighted by Crippen LogP contribution is -2.30. The number of fused-ring (bicyclic) bond motifs is 2. The standard InChI is InChI=1S/C29H28N4O/c1-19-3-2-4-20(13-19)17-33-12-11-23-16-27(10-9-26(23)18-33)32-29(34)25-8-6-21-14-24(28(30)31)7-5-22(21)15-25/h2-10,13-16H,11-12,17-18H2,1H3,(H3,30,31)(H,32,34). The van der Waals surface area contributed by atoms with E-state index in [0.29, 0.717) is 11.1 Å². The minimum Gasteiger partial charge on any atom is -0.384 e. The first-order valence-corrected chi connectivity index (χ1v) is 11.5. The van der Waals surface area contributed by atoms with Crippen molar-refractivity contribution in [2.45, 2.75) is 26.4 Å². The molecule has 0 aliphatic carbocycles. The predicted molar refractivity (Wildman–Crippen MR) is 138 cm³/mol. The van der Waals surface area contributed by atoms with Crippen LogP contribution in [0.25, 0.3) is 10.8 Å². The molecule has 0 spiro atoms. The maximum absolute atomic E-state index is 12.9. The smallest absolute Gasteiger partial charge is 0.255 e. The summed E-state index contributed by atoms with van der Waals surface area (Å²) in [4.78, 5) is 15.4. The molecule has 0 fully saturated rings. The molecule has 4 N–H and O–H groups in total. The summed E-state index contributed by atoms with van der Waals surface area (Å²) in [5.74, 6) is -0.0937. The Morgan fingerprint density at radius 3 is 2.47 bits per heavy atom. The van der Waals surface area contributed by atoms with Crippen LogP contribution in [0.1, 0.15) is 38.2 Å². The number of rotatable bonds is 5. The van der Waals surface area contributed by atoms with E-state index in [4.69, 9.17) is 11.1 Å².